The molecule has 202 valence electrons. The molecular formula is C30H22ClF2N3O4. The van der Waals surface area contributed by atoms with E-state index in [9.17, 15) is 14.0 Å². The summed E-state index contributed by atoms with van der Waals surface area (Å²) in [6.45, 7) is 3.22. The molecule has 0 saturated heterocycles. The van der Waals surface area contributed by atoms with Gasteiger partial charge in [0.2, 0.25) is 0 Å². The molecular weight excluding hydrogens is 540 g/mol. The smallest absolute Gasteiger partial charge is 0.266 e. The predicted molar refractivity (Wildman–Crippen MR) is 147 cm³/mol. The lowest BCUT2D eigenvalue weighted by Crippen LogP contribution is -2.29. The number of nitrogens with zero attached hydrogens (tertiary/aromatic N) is 3. The normalized spacial score (nSPS) is 11.1. The quantitative estimate of drug-likeness (QED) is 0.209. The highest BCUT2D eigenvalue weighted by Gasteiger charge is 2.23. The highest BCUT2D eigenvalue weighted by Crippen LogP contribution is 2.31. The summed E-state index contributed by atoms with van der Waals surface area (Å²) < 4.78 is 40.8. The van der Waals surface area contributed by atoms with Crippen molar-refractivity contribution in [3.05, 3.63) is 116 Å². The Morgan fingerprint density at radius 3 is 2.45 bits per heavy atom. The number of hydrogen-bond donors (Lipinski definition) is 0. The molecule has 5 aromatic rings. The van der Waals surface area contributed by atoms with Gasteiger partial charge in [-0.2, -0.15) is 0 Å². The molecule has 0 amide bonds. The first-order chi connectivity index (χ1) is 19.2. The minimum atomic E-state index is -0.703. The first-order valence-corrected chi connectivity index (χ1v) is 12.5. The van der Waals surface area contributed by atoms with Gasteiger partial charge >= 0.3 is 0 Å². The maximum absolute atomic E-state index is 15.1. The lowest BCUT2D eigenvalue weighted by molar-refractivity contribution is 0.0990. The Morgan fingerprint density at radius 1 is 1.00 bits per heavy atom. The van der Waals surface area contributed by atoms with E-state index in [1.54, 1.807) is 32.0 Å². The van der Waals surface area contributed by atoms with E-state index in [0.29, 0.717) is 45.0 Å². The SMILES string of the molecule is COc1cnc2c(Oc3ccc(CC(=O)c4c(C)c(Cl)c(C)n(-c5ccc(F)cc5)c4=O)cc3F)ccnc2c1. The standard InChI is InChI=1S/C30H22ClF2N3O4/c1-16-27(30(38)36(17(2)28(16)31)20-7-5-19(32)6-8-20)24(37)13-18-4-9-25(22(33)12-18)40-26-10-11-34-23-14-21(39-3)15-35-29(23)26/h4-12,14-15H,13H2,1-3H3. The Labute approximate surface area is 232 Å². The van der Waals surface area contributed by atoms with Crippen LogP contribution in [0.4, 0.5) is 8.78 Å². The molecule has 0 aliphatic carbocycles. The largest absolute Gasteiger partial charge is 0.495 e. The molecule has 3 aromatic heterocycles. The summed E-state index contributed by atoms with van der Waals surface area (Å²) in [6, 6.07) is 12.6. The number of Topliss-reactive ketones (excluding diaryl/α,β-unsaturated/α-hetero) is 1. The van der Waals surface area contributed by atoms with Crippen molar-refractivity contribution in [2.45, 2.75) is 20.3 Å². The molecule has 0 unspecified atom stereocenters. The Morgan fingerprint density at radius 2 is 1.75 bits per heavy atom. The molecule has 0 saturated carbocycles. The predicted octanol–water partition coefficient (Wildman–Crippen LogP) is 6.56. The summed E-state index contributed by atoms with van der Waals surface area (Å²) in [5, 5.41) is 0.234. The number of benzene rings is 2. The molecule has 0 fully saturated rings. The number of hydrogen-bond acceptors (Lipinski definition) is 6. The van der Waals surface area contributed by atoms with Crippen molar-refractivity contribution in [1.29, 1.82) is 0 Å². The second-order valence-corrected chi connectivity index (χ2v) is 9.41. The Hall–Kier alpha value is -4.63. The van der Waals surface area contributed by atoms with Crippen LogP contribution in [0.3, 0.4) is 0 Å². The minimum absolute atomic E-state index is 0.0745. The number of pyridine rings is 3. The summed E-state index contributed by atoms with van der Waals surface area (Å²) >= 11 is 6.49. The van der Waals surface area contributed by atoms with Gasteiger partial charge in [0.05, 0.1) is 29.4 Å². The molecule has 10 heteroatoms. The molecule has 5 rings (SSSR count). The van der Waals surface area contributed by atoms with Crippen molar-refractivity contribution in [3.8, 4) is 22.9 Å². The lowest BCUT2D eigenvalue weighted by atomic mass is 9.99. The zero-order valence-corrected chi connectivity index (χ0v) is 22.4. The third-order valence-corrected chi connectivity index (χ3v) is 7.03. The van der Waals surface area contributed by atoms with Crippen molar-refractivity contribution in [1.82, 2.24) is 14.5 Å². The van der Waals surface area contributed by atoms with Gasteiger partial charge in [-0.05, 0) is 61.4 Å². The Balaban J connectivity index is 1.44. The van der Waals surface area contributed by atoms with E-state index < -0.39 is 23.0 Å². The van der Waals surface area contributed by atoms with Crippen LogP contribution in [0.1, 0.15) is 27.2 Å². The van der Waals surface area contributed by atoms with Crippen LogP contribution in [0.25, 0.3) is 16.7 Å². The van der Waals surface area contributed by atoms with Crippen LogP contribution in [0, 0.1) is 25.5 Å². The van der Waals surface area contributed by atoms with Crippen LogP contribution in [0.2, 0.25) is 5.02 Å². The Kier molecular flexibility index (Phi) is 7.32. The lowest BCUT2D eigenvalue weighted by Gasteiger charge is -2.16. The monoisotopic (exact) mass is 561 g/mol. The van der Waals surface area contributed by atoms with Crippen LogP contribution in [0.15, 0.2) is 71.8 Å². The van der Waals surface area contributed by atoms with E-state index in [4.69, 9.17) is 21.1 Å². The van der Waals surface area contributed by atoms with E-state index in [0.717, 1.165) is 0 Å². The molecule has 3 heterocycles. The zero-order chi connectivity index (χ0) is 28.6. The first kappa shape index (κ1) is 27.0. The zero-order valence-electron chi connectivity index (χ0n) is 21.7. The van der Waals surface area contributed by atoms with E-state index in [1.807, 2.05) is 0 Å². The van der Waals surface area contributed by atoms with Crippen molar-refractivity contribution in [2.75, 3.05) is 7.11 Å². The van der Waals surface area contributed by atoms with Gasteiger partial charge in [-0.1, -0.05) is 17.7 Å². The van der Waals surface area contributed by atoms with Gasteiger partial charge in [0.1, 0.15) is 17.1 Å². The number of halogens is 3. The van der Waals surface area contributed by atoms with Gasteiger partial charge in [-0.3, -0.25) is 19.1 Å². The highest BCUT2D eigenvalue weighted by atomic mass is 35.5. The van der Waals surface area contributed by atoms with E-state index in [2.05, 4.69) is 9.97 Å². The van der Waals surface area contributed by atoms with Gasteiger partial charge in [-0.15, -0.1) is 0 Å². The maximum atomic E-state index is 15.1. The number of fused-ring (bicyclic) bond motifs is 1. The van der Waals surface area contributed by atoms with Gasteiger partial charge in [0, 0.05) is 36.1 Å². The van der Waals surface area contributed by atoms with Gasteiger partial charge in [0.25, 0.3) is 5.56 Å². The second kappa shape index (κ2) is 10.9. The Bertz CT molecular complexity index is 1840. The van der Waals surface area contributed by atoms with Gasteiger partial charge in [0.15, 0.2) is 23.1 Å². The molecule has 0 spiro atoms. The second-order valence-electron chi connectivity index (χ2n) is 9.04. The molecule has 0 atom stereocenters. The van der Waals surface area contributed by atoms with E-state index in [-0.39, 0.29) is 22.8 Å². The summed E-state index contributed by atoms with van der Waals surface area (Å²) in [5.74, 6) is -0.965. The van der Waals surface area contributed by atoms with Crippen molar-refractivity contribution in [3.63, 3.8) is 0 Å². The molecule has 0 aliphatic rings. The number of ether oxygens (including phenoxy) is 2. The third kappa shape index (κ3) is 5.03. The van der Waals surface area contributed by atoms with Crippen LogP contribution in [-0.4, -0.2) is 27.4 Å². The van der Waals surface area contributed by atoms with Crippen LogP contribution in [0.5, 0.6) is 17.2 Å². The van der Waals surface area contributed by atoms with Gasteiger partial charge in [-0.25, -0.2) is 13.8 Å². The van der Waals surface area contributed by atoms with E-state index in [1.165, 1.54) is 60.5 Å². The molecule has 0 aliphatic heterocycles. The molecule has 0 bridgehead atoms. The summed E-state index contributed by atoms with van der Waals surface area (Å²) in [5.41, 5.74) is 1.66. The molecule has 40 heavy (non-hydrogen) atoms. The fraction of sp³-hybridized carbons (Fsp3) is 0.133. The number of ketones is 1. The summed E-state index contributed by atoms with van der Waals surface area (Å²) in [7, 11) is 1.51. The fourth-order valence-electron chi connectivity index (χ4n) is 4.44. The fourth-order valence-corrected chi connectivity index (χ4v) is 4.62. The highest BCUT2D eigenvalue weighted by molar-refractivity contribution is 6.32. The average molecular weight is 562 g/mol. The number of carbonyl (C=O) groups excluding carboxylic acids is 1. The molecule has 0 N–H and O–H groups in total. The summed E-state index contributed by atoms with van der Waals surface area (Å²) in [4.78, 5) is 35.3. The van der Waals surface area contributed by atoms with E-state index >= 15 is 4.39 Å². The number of aromatic nitrogens is 3. The first-order valence-electron chi connectivity index (χ1n) is 12.1. The summed E-state index contributed by atoms with van der Waals surface area (Å²) in [6.07, 6.45) is 2.76. The van der Waals surface area contributed by atoms with Crippen LogP contribution >= 0.6 is 11.6 Å². The van der Waals surface area contributed by atoms with Crippen molar-refractivity contribution in [2.24, 2.45) is 0 Å². The number of rotatable bonds is 7. The van der Waals surface area contributed by atoms with Crippen LogP contribution < -0.4 is 15.0 Å². The molecule has 7 nitrogen and oxygen atoms in total. The molecule has 0 radical (unpaired) electrons. The third-order valence-electron chi connectivity index (χ3n) is 6.47. The van der Waals surface area contributed by atoms with Crippen LogP contribution in [-0.2, 0) is 6.42 Å². The number of methoxy groups -OCH3 is 1. The average Bonchev–Trinajstić information content (AvgIpc) is 2.94. The van der Waals surface area contributed by atoms with Crippen molar-refractivity contribution < 1.29 is 23.0 Å². The topological polar surface area (TPSA) is 83.3 Å². The van der Waals surface area contributed by atoms with Crippen molar-refractivity contribution >= 4 is 28.4 Å². The maximum Gasteiger partial charge on any atom is 0.266 e. The molecule has 2 aromatic carbocycles. The minimum Gasteiger partial charge on any atom is -0.495 e. The van der Waals surface area contributed by atoms with Gasteiger partial charge < -0.3 is 9.47 Å². The number of carbonyl (C=O) groups is 1.